The van der Waals surface area contributed by atoms with Gasteiger partial charge in [0.15, 0.2) is 6.04 Å². The molecule has 17 nitrogen and oxygen atoms in total. The van der Waals surface area contributed by atoms with Gasteiger partial charge in [-0.1, -0.05) is 66.7 Å². The van der Waals surface area contributed by atoms with Gasteiger partial charge in [-0.15, -0.1) is 0 Å². The molecule has 5 heterocycles. The highest BCUT2D eigenvalue weighted by molar-refractivity contribution is 5.96. The predicted molar refractivity (Wildman–Crippen MR) is 238 cm³/mol. The number of aromatic amines is 2. The van der Waals surface area contributed by atoms with Gasteiger partial charge in [-0.25, -0.2) is 24.5 Å². The molecule has 5 amide bonds. The first kappa shape index (κ1) is 40.5. The van der Waals surface area contributed by atoms with Crippen molar-refractivity contribution in [3.05, 3.63) is 125 Å². The van der Waals surface area contributed by atoms with E-state index in [1.54, 1.807) is 4.90 Å². The van der Waals surface area contributed by atoms with Crippen molar-refractivity contribution >= 4 is 58.1 Å². The molecule has 11 rings (SSSR count). The lowest BCUT2D eigenvalue weighted by Crippen LogP contribution is -2.44. The second-order valence-corrected chi connectivity index (χ2v) is 17.6. The van der Waals surface area contributed by atoms with Crippen LogP contribution in [0.15, 0.2) is 102 Å². The molecule has 17 heteroatoms. The molecule has 0 unspecified atom stereocenters. The van der Waals surface area contributed by atoms with Gasteiger partial charge in [0, 0.05) is 37.4 Å². The monoisotopic (exact) mass is 876 g/mol. The Labute approximate surface area is 373 Å². The summed E-state index contributed by atoms with van der Waals surface area (Å²) in [6.45, 7) is 1.47. The van der Waals surface area contributed by atoms with Crippen molar-refractivity contribution < 1.29 is 33.7 Å². The highest BCUT2D eigenvalue weighted by atomic mass is 17.2. The van der Waals surface area contributed by atoms with Gasteiger partial charge < -0.3 is 39.6 Å². The molecule has 0 bridgehead atoms. The second-order valence-electron chi connectivity index (χ2n) is 17.6. The summed E-state index contributed by atoms with van der Waals surface area (Å²) in [4.78, 5) is 93.3. The minimum Gasteiger partial charge on any atom is -0.453 e. The number of imidazole rings is 2. The van der Waals surface area contributed by atoms with Gasteiger partial charge >= 0.3 is 12.1 Å². The number of piperidine rings is 2. The van der Waals surface area contributed by atoms with Gasteiger partial charge in [-0.3, -0.25) is 14.5 Å². The standard InChI is InChI=1S/C48H48N10O7/c1-63-47(61)54-42(29-11-7-4-8-12-29)46(60)58-38-21-31(38)23-40(58)43-50-33-15-13-27(19-35(33)52-43)25-55-17-18-56(48(55)62)32-14-16-34-36(24-32)53-44(51-34)39-22-30-20-37(30)57(39)45(59)41(49-26-65-64-2)28-9-5-3-6-10-28/h3-16,19,24,26,30-31,37-42H,17-18,20-23,25H2,1-2H3,(H,50,52)(H,51,53)(H,54,61)/t30-,31-,37-,38-,39-,40-,41+,42+/m0/s1. The lowest BCUT2D eigenvalue weighted by molar-refractivity contribution is -0.188. The zero-order valence-corrected chi connectivity index (χ0v) is 35.9. The van der Waals surface area contributed by atoms with E-state index in [4.69, 9.17) is 24.5 Å². The van der Waals surface area contributed by atoms with Crippen LogP contribution >= 0.6 is 0 Å². The van der Waals surface area contributed by atoms with E-state index >= 15 is 0 Å². The van der Waals surface area contributed by atoms with Gasteiger partial charge in [-0.05, 0) is 84.5 Å². The van der Waals surface area contributed by atoms with Crippen LogP contribution in [0.1, 0.15) is 78.2 Å². The number of nitrogens with one attached hydrogen (secondary N) is 3. The number of carbonyl (C=O) groups is 4. The summed E-state index contributed by atoms with van der Waals surface area (Å²) in [5, 5.41) is 2.75. The maximum Gasteiger partial charge on any atom is 0.407 e. The molecule has 3 saturated heterocycles. The third-order valence-corrected chi connectivity index (χ3v) is 13.7. The van der Waals surface area contributed by atoms with Gasteiger partial charge in [-0.2, -0.15) is 4.89 Å². The van der Waals surface area contributed by atoms with Gasteiger partial charge in [0.1, 0.15) is 17.7 Å². The van der Waals surface area contributed by atoms with Crippen LogP contribution in [0.4, 0.5) is 15.3 Å². The Bertz CT molecular complexity index is 2830. The molecule has 4 aromatic carbocycles. The summed E-state index contributed by atoms with van der Waals surface area (Å²) in [5.74, 6) is 1.88. The van der Waals surface area contributed by atoms with Crippen molar-refractivity contribution in [2.75, 3.05) is 32.2 Å². The Morgan fingerprint density at radius 2 is 1.38 bits per heavy atom. The number of rotatable bonds is 13. The lowest BCUT2D eigenvalue weighted by Gasteiger charge is -2.30. The molecule has 8 atom stereocenters. The third kappa shape index (κ3) is 7.48. The van der Waals surface area contributed by atoms with Crippen LogP contribution in [0.25, 0.3) is 22.1 Å². The van der Waals surface area contributed by atoms with Crippen LogP contribution in [-0.4, -0.2) is 104 Å². The average Bonchev–Trinajstić information content (AvgIpc) is 3.86. The molecule has 2 aliphatic carbocycles. The maximum atomic E-state index is 14.3. The van der Waals surface area contributed by atoms with Crippen molar-refractivity contribution in [1.29, 1.82) is 0 Å². The number of aliphatic imine (C=N–C) groups is 1. The topological polar surface area (TPSA) is 191 Å². The molecule has 332 valence electrons. The van der Waals surface area contributed by atoms with Crippen molar-refractivity contribution in [3.63, 3.8) is 0 Å². The average molecular weight is 877 g/mol. The fourth-order valence-corrected chi connectivity index (χ4v) is 10.4. The number of hydrogen-bond donors (Lipinski definition) is 3. The van der Waals surface area contributed by atoms with Crippen molar-refractivity contribution in [3.8, 4) is 0 Å². The first-order valence-corrected chi connectivity index (χ1v) is 22.1. The summed E-state index contributed by atoms with van der Waals surface area (Å²) >= 11 is 0. The van der Waals surface area contributed by atoms with E-state index in [-0.39, 0.29) is 42.0 Å². The van der Waals surface area contributed by atoms with E-state index in [1.165, 1.54) is 14.2 Å². The second kappa shape index (κ2) is 16.4. The number of amides is 5. The predicted octanol–water partition coefficient (Wildman–Crippen LogP) is 6.65. The van der Waals surface area contributed by atoms with E-state index in [9.17, 15) is 19.2 Å². The summed E-state index contributed by atoms with van der Waals surface area (Å²) in [6.07, 6.45) is 3.95. The zero-order chi connectivity index (χ0) is 44.3. The SMILES string of the molecule is COOC=N[C@@H](C(=O)N1[C@H](c2nc3ccc(N4CCN(Cc5ccc6nc([C@@H]7C[C@@H]8C[C@@H]8N7C(=O)[C@H](NC(=O)OC)c7ccccc7)[nH]c6c5)C4=O)cc3[nH]2)C[C@@H]2C[C@@H]21)c1ccccc1. The summed E-state index contributed by atoms with van der Waals surface area (Å²) in [7, 11) is 2.67. The Hall–Kier alpha value is -7.27. The fraction of sp³-hybridized carbons (Fsp3) is 0.354. The highest BCUT2D eigenvalue weighted by Crippen LogP contribution is 2.55. The Morgan fingerprint density at radius 1 is 0.769 bits per heavy atom. The molecule has 65 heavy (non-hydrogen) atoms. The lowest BCUT2D eigenvalue weighted by atomic mass is 10.0. The van der Waals surface area contributed by atoms with Crippen LogP contribution in [0.3, 0.4) is 0 Å². The number of alkyl carbamates (subject to hydrolysis) is 1. The fourth-order valence-electron chi connectivity index (χ4n) is 10.4. The molecule has 0 spiro atoms. The number of fused-ring (bicyclic) bond motifs is 4. The minimum absolute atomic E-state index is 0.0857. The number of hydrogen-bond acceptors (Lipinski definition) is 10. The molecule has 3 N–H and O–H groups in total. The molecular weight excluding hydrogens is 829 g/mol. The number of urea groups is 1. The molecule has 6 aromatic rings. The molecule has 2 saturated carbocycles. The summed E-state index contributed by atoms with van der Waals surface area (Å²) in [6, 6.07) is 28.3. The molecule has 3 aliphatic heterocycles. The Morgan fingerprint density at radius 3 is 2.03 bits per heavy atom. The van der Waals surface area contributed by atoms with Crippen LogP contribution < -0.4 is 10.2 Å². The summed E-state index contributed by atoms with van der Waals surface area (Å²) in [5.41, 5.74) is 6.29. The first-order chi connectivity index (χ1) is 31.8. The number of likely N-dealkylation sites (tertiary alicyclic amines) is 2. The van der Waals surface area contributed by atoms with E-state index in [0.717, 1.165) is 71.0 Å². The quantitative estimate of drug-likeness (QED) is 0.0494. The van der Waals surface area contributed by atoms with E-state index in [1.807, 2.05) is 112 Å². The highest BCUT2D eigenvalue weighted by Gasteiger charge is 2.57. The van der Waals surface area contributed by atoms with Crippen molar-refractivity contribution in [1.82, 2.24) is 40.0 Å². The normalized spacial score (nSPS) is 24.1. The number of anilines is 1. The number of carbonyl (C=O) groups excluding carboxylic acids is 4. The minimum atomic E-state index is -0.897. The number of benzene rings is 4. The molecule has 0 radical (unpaired) electrons. The number of methoxy groups -OCH3 is 1. The molecule has 2 aromatic heterocycles. The van der Waals surface area contributed by atoms with Crippen LogP contribution in [0.5, 0.6) is 0 Å². The summed E-state index contributed by atoms with van der Waals surface area (Å²) < 4.78 is 4.88. The van der Waals surface area contributed by atoms with Crippen LogP contribution in [0, 0.1) is 11.8 Å². The van der Waals surface area contributed by atoms with Crippen molar-refractivity contribution in [2.45, 2.75) is 68.5 Å². The van der Waals surface area contributed by atoms with Crippen molar-refractivity contribution in [2.24, 2.45) is 16.8 Å². The maximum absolute atomic E-state index is 14.3. The van der Waals surface area contributed by atoms with Gasteiger partial charge in [0.2, 0.25) is 6.40 Å². The number of nitrogens with zero attached hydrogens (tertiary/aromatic N) is 7. The van der Waals surface area contributed by atoms with Gasteiger partial charge in [0.25, 0.3) is 11.8 Å². The number of aromatic nitrogens is 4. The largest absolute Gasteiger partial charge is 0.453 e. The van der Waals surface area contributed by atoms with Gasteiger partial charge in [0.05, 0.1) is 48.4 Å². The van der Waals surface area contributed by atoms with E-state index in [0.29, 0.717) is 48.7 Å². The van der Waals surface area contributed by atoms with E-state index < -0.39 is 18.2 Å². The van der Waals surface area contributed by atoms with Crippen LogP contribution in [-0.2, 0) is 30.6 Å². The molecule has 5 aliphatic rings. The first-order valence-electron chi connectivity index (χ1n) is 22.1. The third-order valence-electron chi connectivity index (χ3n) is 13.7. The smallest absolute Gasteiger partial charge is 0.407 e. The number of H-pyrrole nitrogens is 2. The Balaban J connectivity index is 0.778. The molecular formula is C48H48N10O7. The zero-order valence-electron chi connectivity index (χ0n) is 35.9. The Kier molecular flexibility index (Phi) is 10.2. The van der Waals surface area contributed by atoms with Crippen LogP contribution in [0.2, 0.25) is 0 Å². The molecule has 5 fully saturated rings. The van der Waals surface area contributed by atoms with E-state index in [2.05, 4.69) is 20.3 Å². The number of ether oxygens (including phenoxy) is 1.